The first kappa shape index (κ1) is 50.3. The Bertz CT molecular complexity index is 1510. The van der Waals surface area contributed by atoms with E-state index in [1.807, 2.05) is 48.5 Å². The lowest BCUT2D eigenvalue weighted by Crippen LogP contribution is -2.43. The number of hydrogen-bond acceptors (Lipinski definition) is 9. The highest BCUT2D eigenvalue weighted by Crippen LogP contribution is 2.45. The highest BCUT2D eigenvalue weighted by Gasteiger charge is 2.52. The third-order valence-corrected chi connectivity index (χ3v) is 11.6. The van der Waals surface area contributed by atoms with Gasteiger partial charge in [-0.1, -0.05) is 115 Å². The summed E-state index contributed by atoms with van der Waals surface area (Å²) in [4.78, 5) is 50.4. The molecule has 2 saturated carbocycles. The van der Waals surface area contributed by atoms with Crippen LogP contribution in [-0.4, -0.2) is 62.0 Å². The van der Waals surface area contributed by atoms with Gasteiger partial charge in [0, 0.05) is 0 Å². The number of carbonyl (C=O) groups excluding carboxylic acids is 3. The van der Waals surface area contributed by atoms with E-state index in [0.29, 0.717) is 43.9 Å². The van der Waals surface area contributed by atoms with Gasteiger partial charge in [-0.05, 0) is 119 Å². The van der Waals surface area contributed by atoms with Crippen molar-refractivity contribution in [3.63, 3.8) is 0 Å². The molecule has 10 nitrogen and oxygen atoms in total. The van der Waals surface area contributed by atoms with Crippen molar-refractivity contribution in [3.8, 4) is 11.5 Å². The zero-order valence-electron chi connectivity index (χ0n) is 37.6. The van der Waals surface area contributed by atoms with E-state index in [2.05, 4.69) is 13.8 Å². The summed E-state index contributed by atoms with van der Waals surface area (Å²) < 4.78 is 27.4. The van der Waals surface area contributed by atoms with Crippen LogP contribution in [0.25, 0.3) is 0 Å². The number of unbranched alkanes of at least 4 members (excludes halogenated alkanes) is 8. The lowest BCUT2D eigenvalue weighted by atomic mass is 9.77. The molecule has 4 rings (SSSR count). The number of hydrogen-bond donors (Lipinski definition) is 1. The number of esters is 3. The summed E-state index contributed by atoms with van der Waals surface area (Å²) >= 11 is 0. The van der Waals surface area contributed by atoms with Crippen LogP contribution in [0, 0.1) is 22.7 Å². The summed E-state index contributed by atoms with van der Waals surface area (Å²) in [5.41, 5.74) is -0.568. The van der Waals surface area contributed by atoms with Crippen LogP contribution >= 0.6 is 0 Å². The molecule has 2 aliphatic carbocycles. The monoisotopic (exact) mass is 837 g/mol. The third kappa shape index (κ3) is 17.5. The lowest BCUT2D eigenvalue weighted by molar-refractivity contribution is -0.174. The molecule has 0 bridgehead atoms. The fourth-order valence-electron chi connectivity index (χ4n) is 7.57. The molecule has 0 radical (unpaired) electrons. The number of carboxylic acids is 1. The van der Waals surface area contributed by atoms with Crippen molar-refractivity contribution in [1.82, 2.24) is 0 Å². The van der Waals surface area contributed by atoms with Crippen LogP contribution in [0.3, 0.4) is 0 Å². The number of carbonyl (C=O) groups is 4. The second kappa shape index (κ2) is 27.7. The number of rotatable bonds is 31. The van der Waals surface area contributed by atoms with E-state index in [4.69, 9.17) is 23.7 Å². The van der Waals surface area contributed by atoms with Crippen LogP contribution in [-0.2, 0) is 46.2 Å². The molecule has 60 heavy (non-hydrogen) atoms. The van der Waals surface area contributed by atoms with Crippen molar-refractivity contribution in [3.05, 3.63) is 59.7 Å². The van der Waals surface area contributed by atoms with Crippen molar-refractivity contribution in [2.75, 3.05) is 33.0 Å². The first-order chi connectivity index (χ1) is 29.1. The van der Waals surface area contributed by atoms with Crippen LogP contribution < -0.4 is 9.47 Å². The summed E-state index contributed by atoms with van der Waals surface area (Å²) in [6, 6.07) is 15.7. The van der Waals surface area contributed by atoms with Crippen molar-refractivity contribution in [1.29, 1.82) is 0 Å². The molecular formula is C50H76O10. The topological polar surface area (TPSA) is 135 Å². The van der Waals surface area contributed by atoms with Gasteiger partial charge in [-0.25, -0.2) is 0 Å². The second-order valence-electron chi connectivity index (χ2n) is 16.7. The van der Waals surface area contributed by atoms with Crippen molar-refractivity contribution in [2.45, 2.75) is 163 Å². The molecule has 0 heterocycles. The van der Waals surface area contributed by atoms with E-state index in [0.717, 1.165) is 74.4 Å². The minimum atomic E-state index is -1.44. The Morgan fingerprint density at radius 3 is 1.22 bits per heavy atom. The molecule has 0 aromatic heterocycles. The van der Waals surface area contributed by atoms with Gasteiger partial charge in [-0.15, -0.1) is 0 Å². The predicted molar refractivity (Wildman–Crippen MR) is 235 cm³/mol. The number of ether oxygens (including phenoxy) is 5. The Labute approximate surface area is 360 Å². The van der Waals surface area contributed by atoms with E-state index in [1.165, 1.54) is 51.4 Å². The molecule has 2 aromatic carbocycles. The van der Waals surface area contributed by atoms with Crippen LogP contribution in [0.4, 0.5) is 0 Å². The third-order valence-electron chi connectivity index (χ3n) is 11.6. The first-order valence-electron chi connectivity index (χ1n) is 23.3. The maximum absolute atomic E-state index is 12.9. The molecule has 0 aliphatic heterocycles. The Morgan fingerprint density at radius 2 is 0.867 bits per heavy atom. The molecule has 2 fully saturated rings. The summed E-state index contributed by atoms with van der Waals surface area (Å²) in [5.74, 6) is -0.123. The van der Waals surface area contributed by atoms with Gasteiger partial charge in [0.1, 0.15) is 11.5 Å². The Balaban J connectivity index is 0.000000321. The highest BCUT2D eigenvalue weighted by atomic mass is 16.6. The SMILES string of the molecule is CCCCCCCOc1ccc(CCC(CC2CC2)(C(=O)O)C(=O)OCC)cc1.CCCCCCCOc1ccc(CCC(CC2CC2)(C(=O)OCC)C(=O)OCC)cc1. The molecule has 10 heteroatoms. The Morgan fingerprint density at radius 1 is 0.517 bits per heavy atom. The molecule has 0 spiro atoms. The smallest absolute Gasteiger partial charge is 0.323 e. The van der Waals surface area contributed by atoms with Gasteiger partial charge in [-0.2, -0.15) is 0 Å². The minimum absolute atomic E-state index is 0.197. The number of benzene rings is 2. The van der Waals surface area contributed by atoms with E-state index < -0.39 is 34.7 Å². The quantitative estimate of drug-likeness (QED) is 0.0338. The molecule has 336 valence electrons. The zero-order valence-corrected chi connectivity index (χ0v) is 37.6. The van der Waals surface area contributed by atoms with Gasteiger partial charge in [-0.3, -0.25) is 19.2 Å². The average molecular weight is 837 g/mol. The van der Waals surface area contributed by atoms with Crippen LogP contribution in [0.2, 0.25) is 0 Å². The summed E-state index contributed by atoms with van der Waals surface area (Å²) in [6.07, 6.45) is 18.9. The lowest BCUT2D eigenvalue weighted by Gasteiger charge is -2.29. The summed E-state index contributed by atoms with van der Waals surface area (Å²) in [7, 11) is 0. The predicted octanol–water partition coefficient (Wildman–Crippen LogP) is 11.3. The van der Waals surface area contributed by atoms with Gasteiger partial charge in [0.05, 0.1) is 33.0 Å². The fraction of sp³-hybridized carbons (Fsp3) is 0.680. The first-order valence-corrected chi connectivity index (χ1v) is 23.3. The fourth-order valence-corrected chi connectivity index (χ4v) is 7.57. The van der Waals surface area contributed by atoms with E-state index in [9.17, 15) is 24.3 Å². The van der Waals surface area contributed by atoms with Crippen LogP contribution in [0.5, 0.6) is 11.5 Å². The van der Waals surface area contributed by atoms with E-state index in [-0.39, 0.29) is 26.2 Å². The summed E-state index contributed by atoms with van der Waals surface area (Å²) in [6.45, 7) is 11.8. The Hall–Kier alpha value is -4.08. The van der Waals surface area contributed by atoms with Crippen molar-refractivity contribution >= 4 is 23.9 Å². The molecule has 0 amide bonds. The largest absolute Gasteiger partial charge is 0.494 e. The maximum atomic E-state index is 12.9. The van der Waals surface area contributed by atoms with Gasteiger partial charge >= 0.3 is 23.9 Å². The number of carboxylic acid groups (broad SMARTS) is 1. The normalized spacial score (nSPS) is 14.6. The van der Waals surface area contributed by atoms with Gasteiger partial charge < -0.3 is 28.8 Å². The molecular weight excluding hydrogens is 761 g/mol. The minimum Gasteiger partial charge on any atom is -0.494 e. The molecule has 2 aromatic rings. The standard InChI is InChI=1S/C26H40O5.C24H36O5/c1-4-7-8-9-10-19-31-23-15-13-21(14-16-23)17-18-26(20-22-11-12-22,24(27)29-5-2)25(28)30-6-3;1-3-5-6-7-8-17-29-21-13-11-19(12-14-21)15-16-24(22(25)26,18-20-9-10-20)23(27)28-4-2/h13-16,22H,4-12,17-20H2,1-3H3;11-14,20H,3-10,15-18H2,1-2H3,(H,25,26). The average Bonchev–Trinajstić information content (AvgIpc) is 4.20. The van der Waals surface area contributed by atoms with Gasteiger partial charge in [0.15, 0.2) is 10.8 Å². The molecule has 1 N–H and O–H groups in total. The molecule has 0 saturated heterocycles. The molecule has 2 aliphatic rings. The van der Waals surface area contributed by atoms with Crippen LogP contribution in [0.15, 0.2) is 48.5 Å². The van der Waals surface area contributed by atoms with E-state index >= 15 is 0 Å². The van der Waals surface area contributed by atoms with Gasteiger partial charge in [0.25, 0.3) is 0 Å². The Kier molecular flexibility index (Phi) is 23.2. The molecule has 1 unspecified atom stereocenters. The number of aliphatic carboxylic acids is 1. The summed E-state index contributed by atoms with van der Waals surface area (Å²) in [5, 5.41) is 9.87. The van der Waals surface area contributed by atoms with E-state index in [1.54, 1.807) is 20.8 Å². The second-order valence-corrected chi connectivity index (χ2v) is 16.7. The van der Waals surface area contributed by atoms with Crippen molar-refractivity contribution < 1.29 is 48.0 Å². The maximum Gasteiger partial charge on any atom is 0.323 e. The number of aryl methyl sites for hydroxylation is 2. The zero-order chi connectivity index (χ0) is 43.6. The van der Waals surface area contributed by atoms with Crippen molar-refractivity contribution in [2.24, 2.45) is 22.7 Å². The highest BCUT2D eigenvalue weighted by molar-refractivity contribution is 6.00. The van der Waals surface area contributed by atoms with Crippen LogP contribution in [0.1, 0.15) is 161 Å². The molecule has 1 atom stereocenters. The van der Waals surface area contributed by atoms with Gasteiger partial charge in [0.2, 0.25) is 0 Å².